The first-order valence-corrected chi connectivity index (χ1v) is 17.3. The summed E-state index contributed by atoms with van der Waals surface area (Å²) in [6, 6.07) is 8.15. The van der Waals surface area contributed by atoms with Crippen LogP contribution in [0, 0.1) is 25.7 Å². The molecule has 2 aliphatic heterocycles. The molecule has 268 valence electrons. The fourth-order valence-electron chi connectivity index (χ4n) is 5.71. The third-order valence-corrected chi connectivity index (χ3v) is 9.58. The Morgan fingerprint density at radius 2 is 1.40 bits per heavy atom. The van der Waals surface area contributed by atoms with Crippen LogP contribution >= 0.6 is 15.9 Å². The minimum Gasteiger partial charge on any atom is -0.480 e. The highest BCUT2D eigenvalue weighted by molar-refractivity contribution is 9.10. The molecule has 2 atom stereocenters. The zero-order valence-electron chi connectivity index (χ0n) is 28.2. The summed E-state index contributed by atoms with van der Waals surface area (Å²) in [4.78, 5) is 40.4. The van der Waals surface area contributed by atoms with Crippen molar-refractivity contribution in [3.8, 4) is 17.4 Å². The summed E-state index contributed by atoms with van der Waals surface area (Å²) in [7, 11) is 3.21. The van der Waals surface area contributed by atoms with Gasteiger partial charge in [0.1, 0.15) is 17.1 Å². The van der Waals surface area contributed by atoms with Crippen molar-refractivity contribution in [2.75, 3.05) is 27.4 Å². The number of aromatic nitrogens is 6. The van der Waals surface area contributed by atoms with Crippen LogP contribution in [0.25, 0.3) is 5.69 Å². The van der Waals surface area contributed by atoms with Crippen molar-refractivity contribution in [3.05, 3.63) is 76.6 Å². The number of aliphatic imine (C=N–C) groups is 2. The van der Waals surface area contributed by atoms with Crippen molar-refractivity contribution in [2.45, 2.75) is 71.9 Å². The van der Waals surface area contributed by atoms with Gasteiger partial charge in [-0.3, -0.25) is 19.7 Å². The molecular weight excluding hydrogens is 704 g/mol. The Labute approximate surface area is 301 Å². The fourth-order valence-corrected chi connectivity index (χ4v) is 6.09. The SMILES string of the molecule is C.COc1nc(C2=NC(C3CCC3)CON2)ccc1-n1cnc(C)c1.COc1nc(C2=NC(C3CCC3)CON2)ccc1Br.Cc1cnc[nH]1. The Balaban J connectivity index is 0.000000167. The Bertz CT molecular complexity index is 1740. The van der Waals surface area contributed by atoms with E-state index in [1.54, 1.807) is 33.1 Å². The number of pyridine rings is 2. The number of hydrogen-bond acceptors (Lipinski definition) is 12. The van der Waals surface area contributed by atoms with Crippen molar-refractivity contribution in [1.29, 1.82) is 0 Å². The first-order valence-electron chi connectivity index (χ1n) is 16.5. The number of H-pyrrole nitrogens is 1. The highest BCUT2D eigenvalue weighted by atomic mass is 79.9. The van der Waals surface area contributed by atoms with E-state index >= 15 is 0 Å². The van der Waals surface area contributed by atoms with Gasteiger partial charge in [-0.15, -0.1) is 0 Å². The van der Waals surface area contributed by atoms with E-state index in [9.17, 15) is 0 Å². The Morgan fingerprint density at radius 3 is 1.84 bits per heavy atom. The van der Waals surface area contributed by atoms with E-state index in [1.807, 2.05) is 48.9 Å². The molecule has 0 radical (unpaired) electrons. The predicted octanol–water partition coefficient (Wildman–Crippen LogP) is 5.69. The summed E-state index contributed by atoms with van der Waals surface area (Å²) in [6.07, 6.45) is 14.7. The monoisotopic (exact) mass is 750 g/mol. The van der Waals surface area contributed by atoms with Crippen molar-refractivity contribution in [3.63, 3.8) is 0 Å². The number of aromatic amines is 1. The fraction of sp³-hybridized carbons (Fsp3) is 0.486. The van der Waals surface area contributed by atoms with Crippen LogP contribution in [0.15, 0.2) is 63.8 Å². The van der Waals surface area contributed by atoms with Gasteiger partial charge in [-0.05, 0) is 91.6 Å². The molecule has 6 heterocycles. The summed E-state index contributed by atoms with van der Waals surface area (Å²) in [5.41, 5.74) is 10.1. The maximum absolute atomic E-state index is 5.52. The van der Waals surface area contributed by atoms with Crippen LogP contribution in [-0.2, 0) is 9.68 Å². The number of rotatable bonds is 7. The first-order chi connectivity index (χ1) is 23.9. The average Bonchev–Trinajstić information content (AvgIpc) is 3.74. The van der Waals surface area contributed by atoms with E-state index in [0.717, 1.165) is 32.9 Å². The molecule has 15 heteroatoms. The number of halogens is 1. The van der Waals surface area contributed by atoms with E-state index in [1.165, 1.54) is 38.5 Å². The molecule has 4 aromatic heterocycles. The van der Waals surface area contributed by atoms with Gasteiger partial charge in [0.25, 0.3) is 0 Å². The number of aryl methyl sites for hydroxylation is 2. The standard InChI is InChI=1S/C17H21N5O2.C13H16BrN3O2.C4H6N2.CH4/c1-11-8-22(10-18-11)15-7-6-13(20-17(15)23-2)16-19-14(9-24-21-16)12-4-3-5-12;1-18-13-9(14)5-6-10(16-13)12-15-11(7-19-17-12)8-3-2-4-8;1-4-2-5-3-6-4;/h6-8,10,12,14H,3-5,9H2,1-2H3,(H,19,21);5-6,8,11H,2-4,7H2,1H3,(H,15,17);2-3H,1H3,(H,5,6);1H4. The molecular formula is C35H47BrN10O4. The van der Waals surface area contributed by atoms with Crippen LogP contribution in [0.3, 0.4) is 0 Å². The van der Waals surface area contributed by atoms with Crippen LogP contribution < -0.4 is 20.4 Å². The molecule has 4 aliphatic rings. The summed E-state index contributed by atoms with van der Waals surface area (Å²) in [5.74, 6) is 3.73. The van der Waals surface area contributed by atoms with E-state index in [2.05, 4.69) is 51.8 Å². The second-order valence-electron chi connectivity index (χ2n) is 12.4. The molecule has 0 aromatic carbocycles. The zero-order chi connectivity index (χ0) is 34.2. The average molecular weight is 752 g/mol. The van der Waals surface area contributed by atoms with Gasteiger partial charge in [0, 0.05) is 18.1 Å². The van der Waals surface area contributed by atoms with Gasteiger partial charge in [-0.1, -0.05) is 20.3 Å². The molecule has 0 amide bonds. The topological polar surface area (TPSA) is 158 Å². The van der Waals surface area contributed by atoms with Crippen LogP contribution in [-0.4, -0.2) is 80.7 Å². The normalized spacial score (nSPS) is 19.9. The van der Waals surface area contributed by atoms with Gasteiger partial charge < -0.3 is 19.0 Å². The number of imidazole rings is 2. The number of nitrogens with zero attached hydrogens (tertiary/aromatic N) is 7. The minimum absolute atomic E-state index is 0. The number of hydrogen-bond donors (Lipinski definition) is 3. The number of hydroxylamine groups is 2. The molecule has 3 N–H and O–H groups in total. The maximum Gasteiger partial charge on any atom is 0.238 e. The molecule has 2 fully saturated rings. The molecule has 4 aromatic rings. The molecule has 2 saturated carbocycles. The van der Waals surface area contributed by atoms with Crippen molar-refractivity contribution < 1.29 is 19.1 Å². The highest BCUT2D eigenvalue weighted by Crippen LogP contribution is 2.33. The van der Waals surface area contributed by atoms with Gasteiger partial charge in [0.15, 0.2) is 11.7 Å². The number of methoxy groups -OCH3 is 2. The smallest absolute Gasteiger partial charge is 0.238 e. The number of ether oxygens (including phenoxy) is 2. The van der Waals surface area contributed by atoms with Gasteiger partial charge in [0.05, 0.1) is 62.3 Å². The first kappa shape index (κ1) is 36.9. The van der Waals surface area contributed by atoms with E-state index < -0.39 is 0 Å². The second-order valence-corrected chi connectivity index (χ2v) is 13.2. The molecule has 0 saturated heterocycles. The third-order valence-electron chi connectivity index (χ3n) is 8.97. The van der Waals surface area contributed by atoms with E-state index in [0.29, 0.717) is 48.5 Å². The molecule has 0 spiro atoms. The summed E-state index contributed by atoms with van der Waals surface area (Å²) < 4.78 is 13.4. The third kappa shape index (κ3) is 9.06. The van der Waals surface area contributed by atoms with E-state index in [4.69, 9.17) is 29.1 Å². The molecule has 2 aliphatic carbocycles. The Morgan fingerprint density at radius 1 is 0.820 bits per heavy atom. The van der Waals surface area contributed by atoms with Crippen molar-refractivity contribution in [1.82, 2.24) is 40.4 Å². The molecule has 14 nitrogen and oxygen atoms in total. The maximum atomic E-state index is 5.52. The van der Waals surface area contributed by atoms with Gasteiger partial charge in [-0.2, -0.15) is 0 Å². The quantitative estimate of drug-likeness (QED) is 0.214. The van der Waals surface area contributed by atoms with Crippen LogP contribution in [0.2, 0.25) is 0 Å². The lowest BCUT2D eigenvalue weighted by Gasteiger charge is -2.33. The van der Waals surface area contributed by atoms with Crippen LogP contribution in [0.4, 0.5) is 0 Å². The molecule has 50 heavy (non-hydrogen) atoms. The summed E-state index contributed by atoms with van der Waals surface area (Å²) in [5, 5.41) is 0. The van der Waals surface area contributed by atoms with Gasteiger partial charge in [0.2, 0.25) is 11.8 Å². The van der Waals surface area contributed by atoms with Crippen LogP contribution in [0.1, 0.15) is 68.7 Å². The second kappa shape index (κ2) is 17.5. The summed E-state index contributed by atoms with van der Waals surface area (Å²) in [6.45, 7) is 5.18. The Hall–Kier alpha value is -4.34. The molecule has 2 unspecified atom stereocenters. The lowest BCUT2D eigenvalue weighted by molar-refractivity contribution is 0.0379. The Kier molecular flexibility index (Phi) is 13.0. The van der Waals surface area contributed by atoms with Crippen LogP contribution in [0.5, 0.6) is 11.8 Å². The highest BCUT2D eigenvalue weighted by Gasteiger charge is 2.31. The zero-order valence-corrected chi connectivity index (χ0v) is 29.8. The largest absolute Gasteiger partial charge is 0.480 e. The molecule has 8 rings (SSSR count). The lowest BCUT2D eigenvalue weighted by atomic mass is 9.80. The number of amidine groups is 2. The van der Waals surface area contributed by atoms with Crippen molar-refractivity contribution in [2.24, 2.45) is 21.8 Å². The van der Waals surface area contributed by atoms with Gasteiger partial charge >= 0.3 is 0 Å². The predicted molar refractivity (Wildman–Crippen MR) is 195 cm³/mol. The number of nitrogens with one attached hydrogen (secondary N) is 3. The van der Waals surface area contributed by atoms with Gasteiger partial charge in [-0.25, -0.2) is 30.9 Å². The van der Waals surface area contributed by atoms with Crippen molar-refractivity contribution >= 4 is 27.6 Å². The van der Waals surface area contributed by atoms with E-state index in [-0.39, 0.29) is 19.5 Å². The summed E-state index contributed by atoms with van der Waals surface area (Å²) >= 11 is 3.39. The minimum atomic E-state index is 0. The molecule has 0 bridgehead atoms. The lowest BCUT2D eigenvalue weighted by Crippen LogP contribution is -2.41.